The van der Waals surface area contributed by atoms with Gasteiger partial charge >= 0.3 is 0 Å². The average Bonchev–Trinajstić information content (AvgIpc) is 3.07. The smallest absolute Gasteiger partial charge is 0.226 e. The van der Waals surface area contributed by atoms with Gasteiger partial charge in [0.05, 0.1) is 22.5 Å². The molecule has 2 unspecified atom stereocenters. The third-order valence-corrected chi connectivity index (χ3v) is 8.21. The van der Waals surface area contributed by atoms with E-state index >= 15 is 0 Å². The van der Waals surface area contributed by atoms with E-state index in [1.807, 2.05) is 24.3 Å². The van der Waals surface area contributed by atoms with Crippen LogP contribution in [0, 0.1) is 17.3 Å². The van der Waals surface area contributed by atoms with Crippen LogP contribution in [0.4, 0.5) is 0 Å². The summed E-state index contributed by atoms with van der Waals surface area (Å²) in [5.41, 5.74) is 1.71. The van der Waals surface area contributed by atoms with E-state index in [0.717, 1.165) is 61.1 Å². The Balaban J connectivity index is 1.40. The normalized spacial score (nSPS) is 34.6. The van der Waals surface area contributed by atoms with Gasteiger partial charge in [-0.2, -0.15) is 11.8 Å². The lowest BCUT2D eigenvalue weighted by Gasteiger charge is -2.59. The molecule has 3 atom stereocenters. The number of carbonyl (C=O) groups is 1. The summed E-state index contributed by atoms with van der Waals surface area (Å²) in [4.78, 5) is 21.6. The zero-order chi connectivity index (χ0) is 19.4. The lowest BCUT2D eigenvalue weighted by molar-refractivity contribution is -0.145. The molecule has 1 heterocycles. The number of amides is 1. The molecule has 4 saturated carbocycles. The highest BCUT2D eigenvalue weighted by atomic mass is 35.5. The summed E-state index contributed by atoms with van der Waals surface area (Å²) in [5, 5.41) is 3.40. The number of fused-ring (bicyclic) bond motifs is 1. The van der Waals surface area contributed by atoms with Crippen molar-refractivity contribution in [3.63, 3.8) is 0 Å². The van der Waals surface area contributed by atoms with Crippen LogP contribution in [-0.2, 0) is 4.79 Å². The van der Waals surface area contributed by atoms with E-state index < -0.39 is 0 Å². The fourth-order valence-electron chi connectivity index (χ4n) is 6.38. The van der Waals surface area contributed by atoms with Crippen LogP contribution in [0.5, 0.6) is 0 Å². The maximum Gasteiger partial charge on any atom is 0.226 e. The minimum atomic E-state index is -0.268. The third-order valence-electron chi connectivity index (χ3n) is 7.13. The molecular formula is C22H28ClN3OS. The standard InChI is InChI=1S/C22H28ClN3OS/c1-28-7-6-18(19-24-16-4-2-3-5-17(16)25-19)26-20(27)21-9-14-8-15(10-21)12-22(23,11-14)13-21/h2-5,14-15,18H,6-13H2,1H3,(H,24,25)(H,26,27)/t14?,15?,18-,21?,22?/m1/s1. The van der Waals surface area contributed by atoms with Crippen molar-refractivity contribution in [2.45, 2.75) is 55.9 Å². The Morgan fingerprint density at radius 1 is 1.32 bits per heavy atom. The number of rotatable bonds is 6. The number of aromatic nitrogens is 2. The summed E-state index contributed by atoms with van der Waals surface area (Å²) in [6, 6.07) is 7.98. The first-order valence-corrected chi connectivity index (χ1v) is 12.2. The van der Waals surface area contributed by atoms with Crippen molar-refractivity contribution >= 4 is 40.3 Å². The van der Waals surface area contributed by atoms with Gasteiger partial charge in [0.2, 0.25) is 5.91 Å². The van der Waals surface area contributed by atoms with Crippen molar-refractivity contribution in [2.75, 3.05) is 12.0 Å². The Bertz CT molecular complexity index is 850. The monoisotopic (exact) mass is 417 g/mol. The van der Waals surface area contributed by atoms with Crippen molar-refractivity contribution in [2.24, 2.45) is 17.3 Å². The topological polar surface area (TPSA) is 57.8 Å². The first kappa shape index (κ1) is 18.8. The molecule has 2 aromatic rings. The number of thioether (sulfide) groups is 1. The van der Waals surface area contributed by atoms with Gasteiger partial charge in [-0.15, -0.1) is 11.6 Å². The Morgan fingerprint density at radius 3 is 2.75 bits per heavy atom. The molecule has 4 aliphatic carbocycles. The molecule has 4 fully saturated rings. The first-order valence-electron chi connectivity index (χ1n) is 10.4. The lowest BCUT2D eigenvalue weighted by Crippen LogP contribution is -2.58. The van der Waals surface area contributed by atoms with E-state index in [4.69, 9.17) is 16.6 Å². The van der Waals surface area contributed by atoms with E-state index in [1.54, 1.807) is 11.8 Å². The Hall–Kier alpha value is -1.20. The van der Waals surface area contributed by atoms with E-state index in [2.05, 4.69) is 16.6 Å². The molecule has 1 aromatic carbocycles. The minimum absolute atomic E-state index is 0.0772. The molecule has 4 nitrogen and oxygen atoms in total. The highest BCUT2D eigenvalue weighted by molar-refractivity contribution is 7.98. The first-order chi connectivity index (χ1) is 13.5. The Labute approximate surface area is 175 Å². The molecule has 6 rings (SSSR count). The SMILES string of the molecule is CSCC[C@@H](NC(=O)C12CC3CC(CC(Cl)(C3)C1)C2)c1nc2ccccc2[nH]1. The lowest BCUT2D eigenvalue weighted by atomic mass is 9.49. The highest BCUT2D eigenvalue weighted by Crippen LogP contribution is 2.63. The number of carbonyl (C=O) groups excluding carboxylic acids is 1. The molecule has 0 saturated heterocycles. The van der Waals surface area contributed by atoms with Gasteiger partial charge in [-0.25, -0.2) is 4.98 Å². The summed E-state index contributed by atoms with van der Waals surface area (Å²) in [6.45, 7) is 0. The number of alkyl halides is 1. The third kappa shape index (κ3) is 3.24. The van der Waals surface area contributed by atoms with Crippen LogP contribution >= 0.6 is 23.4 Å². The fraction of sp³-hybridized carbons (Fsp3) is 0.636. The maximum atomic E-state index is 13.6. The van der Waals surface area contributed by atoms with Crippen molar-refractivity contribution in [3.05, 3.63) is 30.1 Å². The van der Waals surface area contributed by atoms with Crippen molar-refractivity contribution in [1.29, 1.82) is 0 Å². The number of aromatic amines is 1. The van der Waals surface area contributed by atoms with Crippen LogP contribution in [0.1, 0.15) is 56.8 Å². The van der Waals surface area contributed by atoms with Gasteiger partial charge in [0.15, 0.2) is 0 Å². The van der Waals surface area contributed by atoms with Crippen molar-refractivity contribution in [1.82, 2.24) is 15.3 Å². The van der Waals surface area contributed by atoms with Gasteiger partial charge in [-0.05, 0) is 80.9 Å². The number of nitrogens with one attached hydrogen (secondary N) is 2. The summed E-state index contributed by atoms with van der Waals surface area (Å²) in [7, 11) is 0. The Morgan fingerprint density at radius 2 is 2.07 bits per heavy atom. The van der Waals surface area contributed by atoms with E-state index in [1.165, 1.54) is 6.42 Å². The van der Waals surface area contributed by atoms with Gasteiger partial charge in [0.1, 0.15) is 5.82 Å². The highest BCUT2D eigenvalue weighted by Gasteiger charge is 2.60. The average molecular weight is 418 g/mol. The zero-order valence-electron chi connectivity index (χ0n) is 16.3. The van der Waals surface area contributed by atoms with E-state index in [0.29, 0.717) is 11.8 Å². The molecule has 28 heavy (non-hydrogen) atoms. The number of halogens is 1. The van der Waals surface area contributed by atoms with Crippen LogP contribution in [0.2, 0.25) is 0 Å². The predicted molar refractivity (Wildman–Crippen MR) is 116 cm³/mol. The van der Waals surface area contributed by atoms with Crippen LogP contribution in [-0.4, -0.2) is 32.8 Å². The van der Waals surface area contributed by atoms with E-state index in [-0.39, 0.29) is 22.2 Å². The van der Waals surface area contributed by atoms with Crippen LogP contribution in [0.15, 0.2) is 24.3 Å². The second-order valence-corrected chi connectivity index (χ2v) is 11.1. The summed E-state index contributed by atoms with van der Waals surface area (Å²) in [6.07, 6.45) is 9.31. The van der Waals surface area contributed by atoms with Crippen molar-refractivity contribution in [3.8, 4) is 0 Å². The number of para-hydroxylation sites is 2. The van der Waals surface area contributed by atoms with Gasteiger partial charge < -0.3 is 10.3 Å². The molecule has 0 radical (unpaired) electrons. The molecule has 6 heteroatoms. The molecule has 1 amide bonds. The molecule has 0 aliphatic heterocycles. The van der Waals surface area contributed by atoms with Crippen LogP contribution in [0.3, 0.4) is 0 Å². The summed E-state index contributed by atoms with van der Waals surface area (Å²) < 4.78 is 0. The predicted octanol–water partition coefficient (Wildman–Crippen LogP) is 5.05. The number of H-pyrrole nitrogens is 1. The van der Waals surface area contributed by atoms with E-state index in [9.17, 15) is 4.79 Å². The number of imidazole rings is 1. The number of hydrogen-bond acceptors (Lipinski definition) is 3. The quantitative estimate of drug-likeness (QED) is 0.646. The van der Waals surface area contributed by atoms with Gasteiger partial charge in [0, 0.05) is 4.87 Å². The van der Waals surface area contributed by atoms with Crippen LogP contribution < -0.4 is 5.32 Å². The van der Waals surface area contributed by atoms with Gasteiger partial charge in [0.25, 0.3) is 0 Å². The summed E-state index contributed by atoms with van der Waals surface area (Å²) >= 11 is 8.76. The zero-order valence-corrected chi connectivity index (χ0v) is 17.9. The fourth-order valence-corrected chi connectivity index (χ4v) is 7.54. The molecule has 2 N–H and O–H groups in total. The second kappa shape index (κ2) is 6.94. The Kier molecular flexibility index (Phi) is 4.66. The molecule has 1 aromatic heterocycles. The molecule has 4 bridgehead atoms. The van der Waals surface area contributed by atoms with Gasteiger partial charge in [-0.1, -0.05) is 12.1 Å². The molecule has 0 spiro atoms. The largest absolute Gasteiger partial charge is 0.346 e. The number of hydrogen-bond donors (Lipinski definition) is 2. The number of benzene rings is 1. The molecular weight excluding hydrogens is 390 g/mol. The van der Waals surface area contributed by atoms with Crippen LogP contribution in [0.25, 0.3) is 11.0 Å². The van der Waals surface area contributed by atoms with Gasteiger partial charge in [-0.3, -0.25) is 4.79 Å². The second-order valence-electron chi connectivity index (χ2n) is 9.34. The van der Waals surface area contributed by atoms with Crippen molar-refractivity contribution < 1.29 is 4.79 Å². The maximum absolute atomic E-state index is 13.6. The summed E-state index contributed by atoms with van der Waals surface area (Å²) in [5.74, 6) is 3.31. The molecule has 150 valence electrons. The molecule has 4 aliphatic rings. The minimum Gasteiger partial charge on any atom is -0.346 e. The number of nitrogens with zero attached hydrogens (tertiary/aromatic N) is 1.